The standard InChI is InChI=1S/C67H113N2O7P/c1-7-10-13-16-19-22-25-28-30-32-33-34-35-37-39-42-45-48-51-54-57-60-67(71)76-65(58-55-52-49-46-43-40-27-24-21-18-15-12-9-3)64(63-75-77(72,73)74-62-61-69(4,5)6)68-66(70)59-56-53-50-47-44-41-38-36-31-29-26-23-20-17-14-11-8-2/h10-11,13-14,19-20,22-23,28-31,33-34,37-39,41,47,50,55,58,64-65H,7-9,12,15-18,21,24-27,32,35-36,40,42-46,48-49,51-54,56-57,59-63H2,1-6H3,(H-,68,70,72,73)/b13-10-,14-11-,22-19-,23-20-,30-28-,31-29-,34-33-,39-37-,41-38-,50-47-,58-55+. The van der Waals surface area contributed by atoms with Crippen molar-refractivity contribution in [3.63, 3.8) is 0 Å². The highest BCUT2D eigenvalue weighted by atomic mass is 31.2. The average molecular weight is 1090 g/mol. The monoisotopic (exact) mass is 1090 g/mol. The van der Waals surface area contributed by atoms with Crippen molar-refractivity contribution < 1.29 is 37.3 Å². The lowest BCUT2D eigenvalue weighted by molar-refractivity contribution is -0.870. The van der Waals surface area contributed by atoms with Crippen molar-refractivity contribution >= 4 is 19.7 Å². The molecule has 0 heterocycles. The lowest BCUT2D eigenvalue weighted by atomic mass is 10.0. The zero-order valence-corrected chi connectivity index (χ0v) is 50.8. The lowest BCUT2D eigenvalue weighted by Crippen LogP contribution is -2.47. The Morgan fingerprint density at radius 1 is 0.468 bits per heavy atom. The van der Waals surface area contributed by atoms with E-state index in [0.29, 0.717) is 23.9 Å². The fourth-order valence-electron chi connectivity index (χ4n) is 7.94. The number of hydrogen-bond acceptors (Lipinski definition) is 7. The number of hydrogen-bond donors (Lipinski definition) is 1. The second-order valence-corrected chi connectivity index (χ2v) is 22.5. The zero-order chi connectivity index (χ0) is 56.4. The number of phosphoric acid groups is 1. The molecule has 0 aromatic rings. The van der Waals surface area contributed by atoms with Crippen LogP contribution in [0.2, 0.25) is 0 Å². The summed E-state index contributed by atoms with van der Waals surface area (Å²) in [5.41, 5.74) is 0. The van der Waals surface area contributed by atoms with Crippen molar-refractivity contribution in [3.8, 4) is 0 Å². The normalized spacial score (nSPS) is 14.6. The van der Waals surface area contributed by atoms with Gasteiger partial charge >= 0.3 is 5.97 Å². The number of quaternary nitrogens is 1. The number of carbonyl (C=O) groups is 2. The van der Waals surface area contributed by atoms with E-state index in [2.05, 4.69) is 148 Å². The maximum absolute atomic E-state index is 13.5. The molecule has 0 fully saturated rings. The molecule has 0 saturated heterocycles. The Balaban J connectivity index is 5.44. The van der Waals surface area contributed by atoms with Crippen LogP contribution in [0, 0.1) is 0 Å². The Bertz CT molecular complexity index is 1780. The van der Waals surface area contributed by atoms with Crippen molar-refractivity contribution in [1.29, 1.82) is 0 Å². The molecule has 0 saturated carbocycles. The second kappa shape index (κ2) is 55.5. The first-order valence-corrected chi connectivity index (χ1v) is 32.0. The predicted octanol–water partition coefficient (Wildman–Crippen LogP) is 18.3. The molecule has 3 unspecified atom stereocenters. The Labute approximate surface area is 473 Å². The largest absolute Gasteiger partial charge is 0.756 e. The van der Waals surface area contributed by atoms with Crippen molar-refractivity contribution in [2.75, 3.05) is 40.9 Å². The van der Waals surface area contributed by atoms with Crippen LogP contribution in [0.3, 0.4) is 0 Å². The topological polar surface area (TPSA) is 114 Å². The predicted molar refractivity (Wildman–Crippen MR) is 330 cm³/mol. The summed E-state index contributed by atoms with van der Waals surface area (Å²) < 4.78 is 30.2. The summed E-state index contributed by atoms with van der Waals surface area (Å²) in [6, 6.07) is -0.936. The van der Waals surface area contributed by atoms with Crippen LogP contribution in [0.5, 0.6) is 0 Å². The highest BCUT2D eigenvalue weighted by Crippen LogP contribution is 2.38. The number of amides is 1. The van der Waals surface area contributed by atoms with E-state index in [1.54, 1.807) is 6.08 Å². The number of likely N-dealkylation sites (N-methyl/N-ethyl adjacent to an activating group) is 1. The number of rotatable bonds is 53. The van der Waals surface area contributed by atoms with Gasteiger partial charge in [0, 0.05) is 12.8 Å². The molecular formula is C67H113N2O7P. The van der Waals surface area contributed by atoms with E-state index < -0.39 is 26.6 Å². The molecule has 0 aliphatic carbocycles. The maximum atomic E-state index is 13.5. The van der Waals surface area contributed by atoms with Crippen LogP contribution in [0.4, 0.5) is 0 Å². The van der Waals surface area contributed by atoms with Crippen LogP contribution < -0.4 is 10.2 Å². The van der Waals surface area contributed by atoms with Crippen LogP contribution in [0.1, 0.15) is 226 Å². The molecule has 9 nitrogen and oxygen atoms in total. The van der Waals surface area contributed by atoms with Gasteiger partial charge in [-0.2, -0.15) is 0 Å². The third kappa shape index (κ3) is 56.7. The molecule has 0 bridgehead atoms. The van der Waals surface area contributed by atoms with Crippen molar-refractivity contribution in [2.24, 2.45) is 0 Å². The molecule has 0 rings (SSSR count). The van der Waals surface area contributed by atoms with Crippen LogP contribution in [0.25, 0.3) is 0 Å². The fourth-order valence-corrected chi connectivity index (χ4v) is 8.66. The number of nitrogens with zero attached hydrogens (tertiary/aromatic N) is 1. The highest BCUT2D eigenvalue weighted by Gasteiger charge is 2.27. The quantitative estimate of drug-likeness (QED) is 0.0212. The number of carbonyl (C=O) groups excluding carboxylic acids is 2. The minimum absolute atomic E-state index is 0.0439. The molecular weight excluding hydrogens is 976 g/mol. The number of esters is 1. The lowest BCUT2D eigenvalue weighted by Gasteiger charge is -2.30. The van der Waals surface area contributed by atoms with Gasteiger partial charge in [0.15, 0.2) is 0 Å². The Kier molecular flexibility index (Phi) is 52.7. The van der Waals surface area contributed by atoms with Gasteiger partial charge in [0.25, 0.3) is 7.82 Å². The molecule has 77 heavy (non-hydrogen) atoms. The molecule has 1 amide bonds. The summed E-state index contributed by atoms with van der Waals surface area (Å²) in [6.45, 7) is 6.54. The van der Waals surface area contributed by atoms with E-state index in [1.165, 1.54) is 57.8 Å². The van der Waals surface area contributed by atoms with Crippen LogP contribution in [-0.2, 0) is 27.9 Å². The minimum Gasteiger partial charge on any atom is -0.756 e. The van der Waals surface area contributed by atoms with Crippen molar-refractivity contribution in [1.82, 2.24) is 5.32 Å². The Hall–Kier alpha value is -3.85. The molecule has 10 heteroatoms. The van der Waals surface area contributed by atoms with Gasteiger partial charge in [-0.05, 0) is 115 Å². The second-order valence-electron chi connectivity index (χ2n) is 21.1. The van der Waals surface area contributed by atoms with Gasteiger partial charge in [-0.25, -0.2) is 0 Å². The van der Waals surface area contributed by atoms with E-state index in [9.17, 15) is 19.0 Å². The minimum atomic E-state index is -4.73. The first kappa shape index (κ1) is 73.2. The summed E-state index contributed by atoms with van der Waals surface area (Å²) in [6.07, 6.45) is 78.5. The molecule has 0 aliphatic rings. The number of ether oxygens (including phenoxy) is 1. The summed E-state index contributed by atoms with van der Waals surface area (Å²) in [5, 5.41) is 2.98. The molecule has 0 aromatic heterocycles. The van der Waals surface area contributed by atoms with E-state index in [0.717, 1.165) is 122 Å². The molecule has 0 aromatic carbocycles. The van der Waals surface area contributed by atoms with Crippen molar-refractivity contribution in [3.05, 3.63) is 134 Å². The number of allylic oxidation sites excluding steroid dienone is 21. The molecule has 0 radical (unpaired) electrons. The van der Waals surface area contributed by atoms with E-state index >= 15 is 0 Å². The van der Waals surface area contributed by atoms with Gasteiger partial charge in [0.1, 0.15) is 19.3 Å². The number of phosphoric ester groups is 1. The summed E-state index contributed by atoms with van der Waals surface area (Å²) in [5.74, 6) is -0.641. The summed E-state index contributed by atoms with van der Waals surface area (Å²) in [7, 11) is 1.12. The van der Waals surface area contributed by atoms with E-state index in [-0.39, 0.29) is 31.3 Å². The SMILES string of the molecule is CC/C=C\C/C=C\C/C=C\C/C=C\C/C=C\CCCCCCCC(=O)OC(/C=C/CCCCCCCCCCCCC)C(COP(=O)([O-])OCC[N+](C)(C)C)NC(=O)CCC/C=C\C/C=C\C/C=C\C/C=C\C/C=C\CC. The third-order valence-electron chi connectivity index (χ3n) is 12.6. The van der Waals surface area contributed by atoms with Crippen LogP contribution in [-0.4, -0.2) is 69.4 Å². The van der Waals surface area contributed by atoms with Gasteiger partial charge in [0.2, 0.25) is 5.91 Å². The molecule has 1 N–H and O–H groups in total. The smallest absolute Gasteiger partial charge is 0.306 e. The van der Waals surface area contributed by atoms with E-state index in [4.69, 9.17) is 13.8 Å². The molecule has 438 valence electrons. The third-order valence-corrected chi connectivity index (χ3v) is 13.5. The fraction of sp³-hybridized carbons (Fsp3) is 0.642. The molecule has 0 aliphatic heterocycles. The Morgan fingerprint density at radius 2 is 0.844 bits per heavy atom. The van der Waals surface area contributed by atoms with E-state index in [1.807, 2.05) is 27.2 Å². The van der Waals surface area contributed by atoms with Gasteiger partial charge < -0.3 is 28.5 Å². The van der Waals surface area contributed by atoms with Crippen LogP contribution in [0.15, 0.2) is 134 Å². The number of unbranched alkanes of at least 4 members (excludes halogenated alkanes) is 17. The zero-order valence-electron chi connectivity index (χ0n) is 49.9. The average Bonchev–Trinajstić information content (AvgIpc) is 3.39. The highest BCUT2D eigenvalue weighted by molar-refractivity contribution is 7.45. The Morgan fingerprint density at radius 3 is 1.27 bits per heavy atom. The van der Waals surface area contributed by atoms with Gasteiger partial charge in [0.05, 0.1) is 33.8 Å². The van der Waals surface area contributed by atoms with Crippen molar-refractivity contribution in [2.45, 2.75) is 238 Å². The van der Waals surface area contributed by atoms with Gasteiger partial charge in [-0.3, -0.25) is 14.2 Å². The summed E-state index contributed by atoms with van der Waals surface area (Å²) in [4.78, 5) is 40.0. The van der Waals surface area contributed by atoms with Crippen LogP contribution >= 0.6 is 7.82 Å². The van der Waals surface area contributed by atoms with Gasteiger partial charge in [-0.15, -0.1) is 0 Å². The number of nitrogens with one attached hydrogen (secondary N) is 1. The first-order chi connectivity index (χ1) is 37.4. The maximum Gasteiger partial charge on any atom is 0.306 e. The molecule has 0 spiro atoms. The molecule has 3 atom stereocenters. The summed E-state index contributed by atoms with van der Waals surface area (Å²) >= 11 is 0. The van der Waals surface area contributed by atoms with Gasteiger partial charge in [-0.1, -0.05) is 232 Å². The first-order valence-electron chi connectivity index (χ1n) is 30.5.